The third-order valence-electron chi connectivity index (χ3n) is 3.82. The molecule has 132 valence electrons. The van der Waals surface area contributed by atoms with E-state index < -0.39 is 17.8 Å². The van der Waals surface area contributed by atoms with Crippen LogP contribution >= 0.6 is 11.6 Å². The van der Waals surface area contributed by atoms with Crippen LogP contribution in [0.5, 0.6) is 0 Å². The van der Waals surface area contributed by atoms with Gasteiger partial charge in [0.1, 0.15) is 11.9 Å². The molecule has 1 aliphatic rings. The van der Waals surface area contributed by atoms with Crippen LogP contribution in [0, 0.1) is 11.7 Å². The van der Waals surface area contributed by atoms with E-state index in [1.54, 1.807) is 4.90 Å². The van der Waals surface area contributed by atoms with Gasteiger partial charge in [-0.05, 0) is 24.5 Å². The Bertz CT molecular complexity index is 583. The average molecular weight is 357 g/mol. The summed E-state index contributed by atoms with van der Waals surface area (Å²) in [5, 5.41) is 2.67. The van der Waals surface area contributed by atoms with E-state index in [9.17, 15) is 14.0 Å². The van der Waals surface area contributed by atoms with E-state index >= 15 is 0 Å². The molecule has 0 spiro atoms. The first-order chi connectivity index (χ1) is 11.4. The molecule has 0 saturated carbocycles. The summed E-state index contributed by atoms with van der Waals surface area (Å²) < 4.78 is 19.2. The third-order valence-corrected chi connectivity index (χ3v) is 4.14. The first kappa shape index (κ1) is 18.7. The fourth-order valence-electron chi connectivity index (χ4n) is 2.64. The van der Waals surface area contributed by atoms with Gasteiger partial charge in [-0.25, -0.2) is 4.39 Å². The molecule has 0 bridgehead atoms. The molecule has 1 saturated heterocycles. The van der Waals surface area contributed by atoms with Gasteiger partial charge in [-0.1, -0.05) is 31.5 Å². The van der Waals surface area contributed by atoms with Crippen molar-refractivity contribution < 1.29 is 18.7 Å². The Kier molecular flexibility index (Phi) is 6.57. The second kappa shape index (κ2) is 8.44. The molecule has 0 aliphatic carbocycles. The lowest BCUT2D eigenvalue weighted by Crippen LogP contribution is -2.52. The predicted octanol–water partition coefficient (Wildman–Crippen LogP) is 2.48. The zero-order valence-corrected chi connectivity index (χ0v) is 14.6. The van der Waals surface area contributed by atoms with Crippen molar-refractivity contribution in [3.05, 3.63) is 34.6 Å². The monoisotopic (exact) mass is 356 g/mol. The molecule has 0 unspecified atom stereocenters. The molecule has 1 heterocycles. The summed E-state index contributed by atoms with van der Waals surface area (Å²) in [6, 6.07) is 3.33. The van der Waals surface area contributed by atoms with Crippen molar-refractivity contribution >= 4 is 23.4 Å². The summed E-state index contributed by atoms with van der Waals surface area (Å²) in [5.74, 6) is -1.36. The third kappa shape index (κ3) is 4.68. The first-order valence-electron chi connectivity index (χ1n) is 8.01. The highest BCUT2D eigenvalue weighted by atomic mass is 35.5. The molecule has 1 aromatic rings. The van der Waals surface area contributed by atoms with E-state index in [1.165, 1.54) is 18.2 Å². The largest absolute Gasteiger partial charge is 0.378 e. The normalized spacial score (nSPS) is 16.1. The van der Waals surface area contributed by atoms with Crippen LogP contribution in [0.3, 0.4) is 0 Å². The maximum absolute atomic E-state index is 13.9. The Morgan fingerprint density at radius 1 is 1.33 bits per heavy atom. The van der Waals surface area contributed by atoms with E-state index in [0.29, 0.717) is 32.7 Å². The van der Waals surface area contributed by atoms with Crippen LogP contribution in [0.2, 0.25) is 5.02 Å². The second-order valence-corrected chi connectivity index (χ2v) is 6.60. The first-order valence-corrected chi connectivity index (χ1v) is 8.39. The summed E-state index contributed by atoms with van der Waals surface area (Å²) in [7, 11) is 0. The molecule has 1 fully saturated rings. The highest BCUT2D eigenvalue weighted by molar-refractivity contribution is 6.33. The molecule has 0 radical (unpaired) electrons. The number of hydrogen-bond acceptors (Lipinski definition) is 3. The number of hydrogen-bond donors (Lipinski definition) is 1. The van der Waals surface area contributed by atoms with Gasteiger partial charge in [-0.3, -0.25) is 9.59 Å². The lowest BCUT2D eigenvalue weighted by molar-refractivity contribution is -0.137. The van der Waals surface area contributed by atoms with Gasteiger partial charge >= 0.3 is 0 Å². The molecule has 5 nitrogen and oxygen atoms in total. The van der Waals surface area contributed by atoms with Crippen LogP contribution in [-0.4, -0.2) is 49.1 Å². The Balaban J connectivity index is 2.15. The Morgan fingerprint density at radius 2 is 2.00 bits per heavy atom. The molecule has 1 aliphatic heterocycles. The minimum absolute atomic E-state index is 0.0228. The molecular formula is C17H22ClFN2O3. The molecule has 1 N–H and O–H groups in total. The molecule has 1 atom stereocenters. The van der Waals surface area contributed by atoms with Gasteiger partial charge in [0.15, 0.2) is 0 Å². The van der Waals surface area contributed by atoms with Crippen molar-refractivity contribution in [1.82, 2.24) is 10.2 Å². The zero-order chi connectivity index (χ0) is 17.7. The van der Waals surface area contributed by atoms with Crippen LogP contribution in [0.1, 0.15) is 30.6 Å². The molecule has 0 aromatic heterocycles. The summed E-state index contributed by atoms with van der Waals surface area (Å²) in [4.78, 5) is 26.8. The SMILES string of the molecule is CC(C)C[C@H](NC(=O)c1c(F)cccc1Cl)C(=O)N1CCOCC1. The molecule has 24 heavy (non-hydrogen) atoms. The standard InChI is InChI=1S/C17H22ClFN2O3/c1-11(2)10-14(17(23)21-6-8-24-9-7-21)20-16(22)15-12(18)4-3-5-13(15)19/h3-5,11,14H,6-10H2,1-2H3,(H,20,22)/t14-/m0/s1. The summed E-state index contributed by atoms with van der Waals surface area (Å²) >= 11 is 5.93. The van der Waals surface area contributed by atoms with E-state index in [1.807, 2.05) is 13.8 Å². The van der Waals surface area contributed by atoms with Crippen LogP contribution in [0.15, 0.2) is 18.2 Å². The van der Waals surface area contributed by atoms with Gasteiger partial charge < -0.3 is 15.0 Å². The Hall–Kier alpha value is -1.66. The second-order valence-electron chi connectivity index (χ2n) is 6.19. The Morgan fingerprint density at radius 3 is 2.58 bits per heavy atom. The number of morpholine rings is 1. The number of carbonyl (C=O) groups excluding carboxylic acids is 2. The van der Waals surface area contributed by atoms with Crippen molar-refractivity contribution in [2.24, 2.45) is 5.92 Å². The fourth-order valence-corrected chi connectivity index (χ4v) is 2.89. The van der Waals surface area contributed by atoms with Crippen LogP contribution < -0.4 is 5.32 Å². The number of benzene rings is 1. The number of nitrogens with zero attached hydrogens (tertiary/aromatic N) is 1. The van der Waals surface area contributed by atoms with E-state index in [4.69, 9.17) is 16.3 Å². The minimum atomic E-state index is -0.716. The van der Waals surface area contributed by atoms with Crippen molar-refractivity contribution in [1.29, 1.82) is 0 Å². The Labute approximate surface area is 146 Å². The highest BCUT2D eigenvalue weighted by Crippen LogP contribution is 2.19. The van der Waals surface area contributed by atoms with Crippen LogP contribution in [0.25, 0.3) is 0 Å². The number of ether oxygens (including phenoxy) is 1. The summed E-state index contributed by atoms with van der Waals surface area (Å²) in [6.45, 7) is 5.86. The van der Waals surface area contributed by atoms with Crippen molar-refractivity contribution in [3.63, 3.8) is 0 Å². The maximum atomic E-state index is 13.9. The minimum Gasteiger partial charge on any atom is -0.378 e. The van der Waals surface area contributed by atoms with Crippen molar-refractivity contribution in [2.45, 2.75) is 26.3 Å². The number of carbonyl (C=O) groups is 2. The topological polar surface area (TPSA) is 58.6 Å². The van der Waals surface area contributed by atoms with E-state index in [2.05, 4.69) is 5.32 Å². The van der Waals surface area contributed by atoms with Gasteiger partial charge in [-0.2, -0.15) is 0 Å². The van der Waals surface area contributed by atoms with Crippen LogP contribution in [0.4, 0.5) is 4.39 Å². The van der Waals surface area contributed by atoms with E-state index in [0.717, 1.165) is 0 Å². The number of amides is 2. The van der Waals surface area contributed by atoms with Gasteiger partial charge in [0.2, 0.25) is 5.91 Å². The number of nitrogens with one attached hydrogen (secondary N) is 1. The molecule has 2 amide bonds. The van der Waals surface area contributed by atoms with Crippen molar-refractivity contribution in [2.75, 3.05) is 26.3 Å². The van der Waals surface area contributed by atoms with Gasteiger partial charge in [0.05, 0.1) is 23.8 Å². The van der Waals surface area contributed by atoms with E-state index in [-0.39, 0.29) is 22.4 Å². The average Bonchev–Trinajstić information content (AvgIpc) is 2.54. The predicted molar refractivity (Wildman–Crippen MR) is 89.5 cm³/mol. The lowest BCUT2D eigenvalue weighted by atomic mass is 10.0. The molecule has 1 aromatic carbocycles. The fraction of sp³-hybridized carbons (Fsp3) is 0.529. The maximum Gasteiger partial charge on any atom is 0.256 e. The quantitative estimate of drug-likeness (QED) is 0.881. The highest BCUT2D eigenvalue weighted by Gasteiger charge is 2.29. The smallest absolute Gasteiger partial charge is 0.256 e. The van der Waals surface area contributed by atoms with Gasteiger partial charge in [0.25, 0.3) is 5.91 Å². The zero-order valence-electron chi connectivity index (χ0n) is 13.9. The number of halogens is 2. The van der Waals surface area contributed by atoms with Gasteiger partial charge in [-0.15, -0.1) is 0 Å². The van der Waals surface area contributed by atoms with Gasteiger partial charge in [0, 0.05) is 13.1 Å². The van der Waals surface area contributed by atoms with Crippen molar-refractivity contribution in [3.8, 4) is 0 Å². The molecule has 7 heteroatoms. The van der Waals surface area contributed by atoms with Crippen LogP contribution in [-0.2, 0) is 9.53 Å². The molecular weight excluding hydrogens is 335 g/mol. The summed E-state index contributed by atoms with van der Waals surface area (Å²) in [5.41, 5.74) is -0.234. The number of rotatable bonds is 5. The molecule has 2 rings (SSSR count). The lowest BCUT2D eigenvalue weighted by Gasteiger charge is -2.31. The summed E-state index contributed by atoms with van der Waals surface area (Å²) in [6.07, 6.45) is 0.466.